The van der Waals surface area contributed by atoms with Crippen LogP contribution in [0.2, 0.25) is 0 Å². The molecule has 1 aliphatic rings. The fourth-order valence-electron chi connectivity index (χ4n) is 2.00. The molecule has 110 valence electrons. The molecule has 0 aromatic heterocycles. The van der Waals surface area contributed by atoms with Gasteiger partial charge in [-0.15, -0.1) is 0 Å². The Morgan fingerprint density at radius 2 is 2.00 bits per heavy atom. The summed E-state index contributed by atoms with van der Waals surface area (Å²) in [7, 11) is 0. The lowest BCUT2D eigenvalue weighted by Crippen LogP contribution is -2.53. The van der Waals surface area contributed by atoms with E-state index in [2.05, 4.69) is 10.6 Å². The van der Waals surface area contributed by atoms with Crippen molar-refractivity contribution < 1.29 is 19.4 Å². The lowest BCUT2D eigenvalue weighted by Gasteiger charge is -2.34. The molecular weight excluding hydrogens is 248 g/mol. The zero-order valence-corrected chi connectivity index (χ0v) is 11.7. The van der Waals surface area contributed by atoms with Crippen LogP contribution in [-0.4, -0.2) is 42.4 Å². The Morgan fingerprint density at radius 3 is 2.58 bits per heavy atom. The Labute approximate surface area is 113 Å². The van der Waals surface area contributed by atoms with Gasteiger partial charge in [0.15, 0.2) is 0 Å². The fraction of sp³-hybridized carbons (Fsp3) is 0.846. The molecule has 2 amide bonds. The minimum Gasteiger partial charge on any atom is -0.481 e. The zero-order chi connectivity index (χ0) is 14.3. The van der Waals surface area contributed by atoms with E-state index in [-0.39, 0.29) is 23.9 Å². The summed E-state index contributed by atoms with van der Waals surface area (Å²) in [6.07, 6.45) is 2.34. The predicted octanol–water partition coefficient (Wildman–Crippen LogP) is 1.36. The molecule has 0 radical (unpaired) electrons. The summed E-state index contributed by atoms with van der Waals surface area (Å²) in [4.78, 5) is 22.2. The van der Waals surface area contributed by atoms with Crippen LogP contribution in [0.5, 0.6) is 0 Å². The maximum atomic E-state index is 11.8. The number of nitrogens with one attached hydrogen (secondary N) is 2. The molecule has 1 unspecified atom stereocenters. The molecule has 3 N–H and O–H groups in total. The molecule has 6 heteroatoms. The summed E-state index contributed by atoms with van der Waals surface area (Å²) in [6, 6.07) is -0.188. The van der Waals surface area contributed by atoms with Gasteiger partial charge in [0.1, 0.15) is 0 Å². The first kappa shape index (κ1) is 15.8. The van der Waals surface area contributed by atoms with Crippen LogP contribution >= 0.6 is 0 Å². The van der Waals surface area contributed by atoms with Crippen LogP contribution in [0.15, 0.2) is 0 Å². The Hall–Kier alpha value is -1.30. The quantitative estimate of drug-likeness (QED) is 0.681. The maximum Gasteiger partial charge on any atom is 0.315 e. The van der Waals surface area contributed by atoms with E-state index in [9.17, 15) is 9.59 Å². The number of carboxylic acids is 1. The van der Waals surface area contributed by atoms with Crippen molar-refractivity contribution in [3.8, 4) is 0 Å². The second-order valence-electron chi connectivity index (χ2n) is 5.55. The largest absolute Gasteiger partial charge is 0.481 e. The molecular formula is C13H24N2O4. The van der Waals surface area contributed by atoms with Crippen LogP contribution in [0, 0.1) is 5.92 Å². The Morgan fingerprint density at radius 1 is 1.37 bits per heavy atom. The van der Waals surface area contributed by atoms with Gasteiger partial charge in [0.2, 0.25) is 0 Å². The number of hydrogen-bond donors (Lipinski definition) is 3. The van der Waals surface area contributed by atoms with E-state index in [1.165, 1.54) is 0 Å². The second-order valence-corrected chi connectivity index (χ2v) is 5.55. The fourth-order valence-corrected chi connectivity index (χ4v) is 2.00. The van der Waals surface area contributed by atoms with Crippen molar-refractivity contribution in [2.75, 3.05) is 19.8 Å². The van der Waals surface area contributed by atoms with Crippen molar-refractivity contribution in [2.24, 2.45) is 5.92 Å². The summed E-state index contributed by atoms with van der Waals surface area (Å²) < 4.78 is 5.27. The van der Waals surface area contributed by atoms with Gasteiger partial charge in [0, 0.05) is 31.7 Å². The first-order valence-electron chi connectivity index (χ1n) is 6.77. The lowest BCUT2D eigenvalue weighted by molar-refractivity contribution is -0.137. The van der Waals surface area contributed by atoms with Gasteiger partial charge >= 0.3 is 12.0 Å². The van der Waals surface area contributed by atoms with Crippen molar-refractivity contribution in [3.63, 3.8) is 0 Å². The standard InChI is InChI=1S/C13H24N2O4/c1-10(3-4-11(16)17)9-14-12(18)15-13(2)5-7-19-8-6-13/h10H,3-9H2,1-2H3,(H,16,17)(H2,14,15,18). The van der Waals surface area contributed by atoms with Crippen LogP contribution in [0.25, 0.3) is 0 Å². The highest BCUT2D eigenvalue weighted by Gasteiger charge is 2.28. The number of carbonyl (C=O) groups excluding carboxylic acids is 1. The normalized spacial score (nSPS) is 19.5. The van der Waals surface area contributed by atoms with Crippen molar-refractivity contribution in [1.29, 1.82) is 0 Å². The highest BCUT2D eigenvalue weighted by Crippen LogP contribution is 2.19. The molecule has 1 rings (SSSR count). The number of carbonyl (C=O) groups is 2. The molecule has 19 heavy (non-hydrogen) atoms. The van der Waals surface area contributed by atoms with Crippen molar-refractivity contribution in [3.05, 3.63) is 0 Å². The molecule has 1 aliphatic heterocycles. The molecule has 0 aliphatic carbocycles. The van der Waals surface area contributed by atoms with Crippen LogP contribution < -0.4 is 10.6 Å². The van der Waals surface area contributed by atoms with E-state index in [1.807, 2.05) is 13.8 Å². The molecule has 1 atom stereocenters. The molecule has 0 aromatic carbocycles. The number of hydrogen-bond acceptors (Lipinski definition) is 3. The van der Waals surface area contributed by atoms with Crippen molar-refractivity contribution >= 4 is 12.0 Å². The maximum absolute atomic E-state index is 11.8. The van der Waals surface area contributed by atoms with Gasteiger partial charge in [-0.3, -0.25) is 4.79 Å². The number of amides is 2. The lowest BCUT2D eigenvalue weighted by atomic mass is 9.93. The van der Waals surface area contributed by atoms with Gasteiger partial charge in [-0.25, -0.2) is 4.79 Å². The minimum absolute atomic E-state index is 0.138. The Kier molecular flexibility index (Phi) is 6.08. The monoisotopic (exact) mass is 272 g/mol. The molecule has 0 spiro atoms. The summed E-state index contributed by atoms with van der Waals surface area (Å²) in [5.74, 6) is -0.643. The molecule has 1 saturated heterocycles. The van der Waals surface area contributed by atoms with Gasteiger partial charge < -0.3 is 20.5 Å². The van der Waals surface area contributed by atoms with E-state index in [1.54, 1.807) is 0 Å². The molecule has 0 aromatic rings. The molecule has 0 saturated carbocycles. The first-order chi connectivity index (χ1) is 8.91. The Bertz CT molecular complexity index is 314. The number of urea groups is 1. The predicted molar refractivity (Wildman–Crippen MR) is 71.0 cm³/mol. The van der Waals surface area contributed by atoms with Crippen molar-refractivity contribution in [1.82, 2.24) is 10.6 Å². The number of carboxylic acid groups (broad SMARTS) is 1. The topological polar surface area (TPSA) is 87.7 Å². The summed E-state index contributed by atoms with van der Waals surface area (Å²) in [5, 5.41) is 14.3. The minimum atomic E-state index is -0.800. The van der Waals surface area contributed by atoms with E-state index in [0.717, 1.165) is 12.8 Å². The van der Waals surface area contributed by atoms with E-state index in [4.69, 9.17) is 9.84 Å². The SMILES string of the molecule is CC(CCC(=O)O)CNC(=O)NC1(C)CCOCC1. The van der Waals surface area contributed by atoms with Crippen LogP contribution in [0.4, 0.5) is 4.79 Å². The summed E-state index contributed by atoms with van der Waals surface area (Å²) in [6.45, 7) is 5.78. The average Bonchev–Trinajstić information content (AvgIpc) is 2.34. The van der Waals surface area contributed by atoms with Crippen LogP contribution in [0.1, 0.15) is 39.5 Å². The number of aliphatic carboxylic acids is 1. The number of rotatable bonds is 6. The van der Waals surface area contributed by atoms with E-state index in [0.29, 0.717) is 26.2 Å². The highest BCUT2D eigenvalue weighted by atomic mass is 16.5. The van der Waals surface area contributed by atoms with E-state index < -0.39 is 5.97 Å². The number of ether oxygens (including phenoxy) is 1. The van der Waals surface area contributed by atoms with E-state index >= 15 is 0 Å². The van der Waals surface area contributed by atoms with Gasteiger partial charge in [-0.2, -0.15) is 0 Å². The highest BCUT2D eigenvalue weighted by molar-refractivity contribution is 5.74. The van der Waals surface area contributed by atoms with Crippen LogP contribution in [-0.2, 0) is 9.53 Å². The third kappa shape index (κ3) is 6.42. The van der Waals surface area contributed by atoms with Crippen molar-refractivity contribution in [2.45, 2.75) is 45.1 Å². The molecule has 0 bridgehead atoms. The average molecular weight is 272 g/mol. The van der Waals surface area contributed by atoms with Gasteiger partial charge in [-0.1, -0.05) is 6.92 Å². The molecule has 6 nitrogen and oxygen atoms in total. The summed E-state index contributed by atoms with van der Waals surface area (Å²) >= 11 is 0. The van der Waals surface area contributed by atoms with Gasteiger partial charge in [0.05, 0.1) is 0 Å². The second kappa shape index (κ2) is 7.33. The Balaban J connectivity index is 2.21. The molecule has 1 fully saturated rings. The van der Waals surface area contributed by atoms with Gasteiger partial charge in [0.25, 0.3) is 0 Å². The third-order valence-corrected chi connectivity index (χ3v) is 3.47. The molecule has 1 heterocycles. The van der Waals surface area contributed by atoms with Gasteiger partial charge in [-0.05, 0) is 32.1 Å². The first-order valence-corrected chi connectivity index (χ1v) is 6.77. The zero-order valence-electron chi connectivity index (χ0n) is 11.7. The summed E-state index contributed by atoms with van der Waals surface area (Å²) in [5.41, 5.74) is -0.202. The van der Waals surface area contributed by atoms with Crippen LogP contribution in [0.3, 0.4) is 0 Å². The third-order valence-electron chi connectivity index (χ3n) is 3.47. The smallest absolute Gasteiger partial charge is 0.315 e.